The van der Waals surface area contributed by atoms with Gasteiger partial charge in [-0.3, -0.25) is 14.9 Å². The Balaban J connectivity index is 2.43. The number of nitro groups is 1. The van der Waals surface area contributed by atoms with Gasteiger partial charge in [-0.25, -0.2) is 12.7 Å². The van der Waals surface area contributed by atoms with Crippen LogP contribution in [0.3, 0.4) is 0 Å². The van der Waals surface area contributed by atoms with Crippen molar-refractivity contribution in [2.75, 3.05) is 26.5 Å². The summed E-state index contributed by atoms with van der Waals surface area (Å²) < 4.78 is 30.7. The van der Waals surface area contributed by atoms with Crippen LogP contribution in [-0.4, -0.2) is 44.8 Å². The van der Waals surface area contributed by atoms with Crippen LogP contribution in [0.15, 0.2) is 41.3 Å². The number of carbonyl (C=O) groups is 1. The predicted octanol–water partition coefficient (Wildman–Crippen LogP) is 2.76. The summed E-state index contributed by atoms with van der Waals surface area (Å²) in [4.78, 5) is 22.7. The molecule has 2 rings (SSSR count). The largest absolute Gasteiger partial charge is 0.495 e. The lowest BCUT2D eigenvalue weighted by Crippen LogP contribution is -2.22. The molecule has 0 spiro atoms. The number of hydrogen-bond acceptors (Lipinski definition) is 6. The molecular formula is C16H16ClN3O6S. The van der Waals surface area contributed by atoms with E-state index in [1.165, 1.54) is 51.5 Å². The molecular weight excluding hydrogens is 398 g/mol. The summed E-state index contributed by atoms with van der Waals surface area (Å²) in [6, 6.07) is 7.57. The molecule has 0 fully saturated rings. The number of amides is 1. The first-order chi connectivity index (χ1) is 12.6. The lowest BCUT2D eigenvalue weighted by molar-refractivity contribution is -0.384. The number of carbonyl (C=O) groups excluding carboxylic acids is 1. The Kier molecular flexibility index (Phi) is 6.04. The van der Waals surface area contributed by atoms with Crippen molar-refractivity contribution in [3.63, 3.8) is 0 Å². The second kappa shape index (κ2) is 7.91. The van der Waals surface area contributed by atoms with E-state index in [9.17, 15) is 23.3 Å². The quantitative estimate of drug-likeness (QED) is 0.574. The van der Waals surface area contributed by atoms with Crippen molar-refractivity contribution in [3.8, 4) is 5.75 Å². The zero-order valence-corrected chi connectivity index (χ0v) is 16.2. The van der Waals surface area contributed by atoms with Gasteiger partial charge in [-0.05, 0) is 30.3 Å². The maximum absolute atomic E-state index is 12.5. The molecule has 0 aliphatic heterocycles. The van der Waals surface area contributed by atoms with Crippen LogP contribution < -0.4 is 10.1 Å². The SMILES string of the molecule is COc1ccc(S(=O)(=O)N(C)C)cc1NC(=O)c1ccc(Cl)c([N+](=O)[O-])c1. The topological polar surface area (TPSA) is 119 Å². The number of nitro benzene ring substituents is 1. The Morgan fingerprint density at radius 1 is 1.22 bits per heavy atom. The number of nitrogens with one attached hydrogen (secondary N) is 1. The van der Waals surface area contributed by atoms with Crippen LogP contribution in [0, 0.1) is 10.1 Å². The summed E-state index contributed by atoms with van der Waals surface area (Å²) in [5, 5.41) is 13.4. The Hall–Kier alpha value is -2.69. The van der Waals surface area contributed by atoms with Gasteiger partial charge in [0.2, 0.25) is 10.0 Å². The molecule has 1 N–H and O–H groups in total. The molecule has 11 heteroatoms. The van der Waals surface area contributed by atoms with Crippen molar-refractivity contribution in [1.29, 1.82) is 0 Å². The highest BCUT2D eigenvalue weighted by molar-refractivity contribution is 7.89. The van der Waals surface area contributed by atoms with Crippen molar-refractivity contribution in [1.82, 2.24) is 4.31 Å². The van der Waals surface area contributed by atoms with Crippen molar-refractivity contribution in [2.45, 2.75) is 4.90 Å². The van der Waals surface area contributed by atoms with E-state index in [0.717, 1.165) is 10.4 Å². The minimum Gasteiger partial charge on any atom is -0.495 e. The molecule has 0 radical (unpaired) electrons. The minimum atomic E-state index is -3.73. The molecule has 2 aromatic rings. The summed E-state index contributed by atoms with van der Waals surface area (Å²) in [5.74, 6) is -0.461. The van der Waals surface area contributed by atoms with Crippen LogP contribution in [0.2, 0.25) is 5.02 Å². The average molecular weight is 414 g/mol. The number of rotatable bonds is 6. The first kappa shape index (κ1) is 20.6. The van der Waals surface area contributed by atoms with E-state index in [1.807, 2.05) is 0 Å². The van der Waals surface area contributed by atoms with E-state index in [0.29, 0.717) is 0 Å². The molecule has 0 unspecified atom stereocenters. The first-order valence-electron chi connectivity index (χ1n) is 7.43. The van der Waals surface area contributed by atoms with Gasteiger partial charge in [-0.1, -0.05) is 11.6 Å². The van der Waals surface area contributed by atoms with Gasteiger partial charge in [0.05, 0.1) is 22.6 Å². The van der Waals surface area contributed by atoms with Crippen LogP contribution in [0.25, 0.3) is 0 Å². The van der Waals surface area contributed by atoms with Gasteiger partial charge in [0.1, 0.15) is 10.8 Å². The number of sulfonamides is 1. The number of anilines is 1. The van der Waals surface area contributed by atoms with Crippen molar-refractivity contribution in [2.24, 2.45) is 0 Å². The van der Waals surface area contributed by atoms with Gasteiger partial charge < -0.3 is 10.1 Å². The molecule has 0 saturated heterocycles. The second-order valence-electron chi connectivity index (χ2n) is 5.53. The third kappa shape index (κ3) is 4.35. The first-order valence-corrected chi connectivity index (χ1v) is 9.25. The van der Waals surface area contributed by atoms with E-state index in [-0.39, 0.29) is 26.9 Å². The number of hydrogen-bond donors (Lipinski definition) is 1. The average Bonchev–Trinajstić information content (AvgIpc) is 2.61. The summed E-state index contributed by atoms with van der Waals surface area (Å²) in [5.41, 5.74) is -0.336. The molecule has 9 nitrogen and oxygen atoms in total. The molecule has 0 aliphatic carbocycles. The summed E-state index contributed by atoms with van der Waals surface area (Å²) in [6.45, 7) is 0. The molecule has 27 heavy (non-hydrogen) atoms. The fourth-order valence-corrected chi connectivity index (χ4v) is 3.26. The Labute approximate surface area is 160 Å². The normalized spacial score (nSPS) is 11.3. The highest BCUT2D eigenvalue weighted by atomic mass is 35.5. The highest BCUT2D eigenvalue weighted by Crippen LogP contribution is 2.30. The van der Waals surface area contributed by atoms with E-state index < -0.39 is 26.5 Å². The standard InChI is InChI=1S/C16H16ClN3O6S/c1-19(2)27(24,25)11-5-7-15(26-3)13(9-11)18-16(21)10-4-6-12(17)14(8-10)20(22)23/h4-9H,1-3H3,(H,18,21). The second-order valence-corrected chi connectivity index (χ2v) is 8.09. The number of halogens is 1. The van der Waals surface area contributed by atoms with Crippen LogP contribution in [-0.2, 0) is 10.0 Å². The lowest BCUT2D eigenvalue weighted by atomic mass is 10.2. The molecule has 0 heterocycles. The maximum Gasteiger partial charge on any atom is 0.288 e. The van der Waals surface area contributed by atoms with E-state index in [2.05, 4.69) is 5.32 Å². The van der Waals surface area contributed by atoms with Crippen molar-refractivity contribution < 1.29 is 22.9 Å². The fraction of sp³-hybridized carbons (Fsp3) is 0.188. The lowest BCUT2D eigenvalue weighted by Gasteiger charge is -2.15. The monoisotopic (exact) mass is 413 g/mol. The molecule has 144 valence electrons. The van der Waals surface area contributed by atoms with Crippen LogP contribution in [0.5, 0.6) is 5.75 Å². The third-order valence-electron chi connectivity index (χ3n) is 3.60. The Morgan fingerprint density at radius 3 is 2.44 bits per heavy atom. The van der Waals surface area contributed by atoms with E-state index >= 15 is 0 Å². The summed E-state index contributed by atoms with van der Waals surface area (Å²) >= 11 is 5.74. The molecule has 0 aliphatic rings. The van der Waals surface area contributed by atoms with Gasteiger partial charge in [-0.15, -0.1) is 0 Å². The Bertz CT molecular complexity index is 1010. The van der Waals surface area contributed by atoms with E-state index in [1.54, 1.807) is 0 Å². The van der Waals surface area contributed by atoms with Crippen LogP contribution in [0.4, 0.5) is 11.4 Å². The van der Waals surface area contributed by atoms with E-state index in [4.69, 9.17) is 16.3 Å². The number of benzene rings is 2. The maximum atomic E-state index is 12.5. The summed E-state index contributed by atoms with van der Waals surface area (Å²) in [7, 11) is 0.390. The van der Waals surface area contributed by atoms with Crippen LogP contribution in [0.1, 0.15) is 10.4 Å². The fourth-order valence-electron chi connectivity index (χ4n) is 2.14. The number of ether oxygens (including phenoxy) is 1. The van der Waals surface area contributed by atoms with Gasteiger partial charge in [0.15, 0.2) is 0 Å². The van der Waals surface area contributed by atoms with Crippen LogP contribution >= 0.6 is 11.6 Å². The molecule has 1 amide bonds. The van der Waals surface area contributed by atoms with Gasteiger partial charge in [0.25, 0.3) is 11.6 Å². The highest BCUT2D eigenvalue weighted by Gasteiger charge is 2.21. The minimum absolute atomic E-state index is 0.0194. The zero-order chi connectivity index (χ0) is 20.4. The van der Waals surface area contributed by atoms with Gasteiger partial charge in [0, 0.05) is 25.7 Å². The third-order valence-corrected chi connectivity index (χ3v) is 5.73. The molecule has 0 bridgehead atoms. The van der Waals surface area contributed by atoms with Crippen molar-refractivity contribution >= 4 is 38.9 Å². The molecule has 0 atom stereocenters. The molecule has 0 saturated carbocycles. The molecule has 0 aromatic heterocycles. The molecule has 2 aromatic carbocycles. The van der Waals surface area contributed by atoms with Crippen molar-refractivity contribution in [3.05, 3.63) is 57.1 Å². The summed E-state index contributed by atoms with van der Waals surface area (Å²) in [6.07, 6.45) is 0. The Morgan fingerprint density at radius 2 is 1.89 bits per heavy atom. The smallest absolute Gasteiger partial charge is 0.288 e. The zero-order valence-electron chi connectivity index (χ0n) is 14.6. The van der Waals surface area contributed by atoms with Gasteiger partial charge >= 0.3 is 0 Å². The predicted molar refractivity (Wildman–Crippen MR) is 99.9 cm³/mol. The number of methoxy groups -OCH3 is 1. The number of nitrogens with zero attached hydrogens (tertiary/aromatic N) is 2. The van der Waals surface area contributed by atoms with Gasteiger partial charge in [-0.2, -0.15) is 0 Å².